The smallest absolute Gasteiger partial charge is 0.338 e. The van der Waals surface area contributed by atoms with E-state index in [4.69, 9.17) is 18.9 Å². The first-order valence-electron chi connectivity index (χ1n) is 14.2. The minimum atomic E-state index is -0.734. The van der Waals surface area contributed by atoms with Crippen LogP contribution in [0.1, 0.15) is 43.5 Å². The average Bonchev–Trinajstić information content (AvgIpc) is 3.34. The lowest BCUT2D eigenvalue weighted by atomic mass is 9.96. The van der Waals surface area contributed by atoms with Gasteiger partial charge >= 0.3 is 5.97 Å². The third-order valence-electron chi connectivity index (χ3n) is 7.06. The lowest BCUT2D eigenvalue weighted by Gasteiger charge is -2.24. The van der Waals surface area contributed by atoms with Crippen LogP contribution in [0.25, 0.3) is 6.08 Å². The molecule has 1 aliphatic heterocycles. The predicted molar refractivity (Wildman–Crippen MR) is 168 cm³/mol. The molecular weight excluding hydrogens is 598 g/mol. The van der Waals surface area contributed by atoms with Crippen LogP contribution in [0.15, 0.2) is 87.8 Å². The number of carbonyl (C=O) groups is 1. The summed E-state index contributed by atoms with van der Waals surface area (Å²) in [4.78, 5) is 42.6. The zero-order chi connectivity index (χ0) is 32.1. The van der Waals surface area contributed by atoms with Crippen molar-refractivity contribution in [1.29, 1.82) is 0 Å². The summed E-state index contributed by atoms with van der Waals surface area (Å²) in [5.74, 6) is 1.09. The van der Waals surface area contributed by atoms with E-state index in [-0.39, 0.29) is 24.5 Å². The maximum atomic E-state index is 13.9. The lowest BCUT2D eigenvalue weighted by molar-refractivity contribution is -0.384. The number of nitro benzene ring substituents is 1. The molecule has 0 aliphatic carbocycles. The number of hydrogen-bond acceptors (Lipinski definition) is 10. The van der Waals surface area contributed by atoms with Gasteiger partial charge in [-0.15, -0.1) is 0 Å². The fourth-order valence-electron chi connectivity index (χ4n) is 4.92. The molecule has 0 amide bonds. The summed E-state index contributed by atoms with van der Waals surface area (Å²) in [5.41, 5.74) is 2.67. The molecular formula is C33H31N3O8S. The average molecular weight is 630 g/mol. The van der Waals surface area contributed by atoms with Crippen LogP contribution < -0.4 is 29.1 Å². The molecule has 0 fully saturated rings. The number of esters is 1. The van der Waals surface area contributed by atoms with E-state index in [1.54, 1.807) is 63.4 Å². The summed E-state index contributed by atoms with van der Waals surface area (Å²) in [6.07, 6.45) is 1.75. The fraction of sp³-hybridized carbons (Fsp3) is 0.242. The van der Waals surface area contributed by atoms with Crippen LogP contribution in [0.5, 0.6) is 17.2 Å². The molecule has 3 aromatic carbocycles. The number of allylic oxidation sites excluding steroid dienone is 1. The van der Waals surface area contributed by atoms with Gasteiger partial charge in [0, 0.05) is 12.1 Å². The molecule has 0 bridgehead atoms. The van der Waals surface area contributed by atoms with Gasteiger partial charge < -0.3 is 18.9 Å². The second-order valence-electron chi connectivity index (χ2n) is 9.93. The Balaban J connectivity index is 1.51. The van der Waals surface area contributed by atoms with Gasteiger partial charge in [-0.05, 0) is 79.9 Å². The highest BCUT2D eigenvalue weighted by molar-refractivity contribution is 7.07. The molecule has 0 N–H and O–H groups in total. The number of carbonyl (C=O) groups excluding carboxylic acids is 1. The van der Waals surface area contributed by atoms with E-state index >= 15 is 0 Å². The Morgan fingerprint density at radius 1 is 1.02 bits per heavy atom. The van der Waals surface area contributed by atoms with Crippen LogP contribution in [0.4, 0.5) is 5.69 Å². The van der Waals surface area contributed by atoms with Crippen molar-refractivity contribution >= 4 is 29.1 Å². The fourth-order valence-corrected chi connectivity index (χ4v) is 5.97. The summed E-state index contributed by atoms with van der Waals surface area (Å²) in [7, 11) is 1.57. The number of methoxy groups -OCH3 is 1. The molecule has 0 spiro atoms. The number of benzene rings is 3. The van der Waals surface area contributed by atoms with E-state index in [0.29, 0.717) is 55.6 Å². The maximum Gasteiger partial charge on any atom is 0.338 e. The largest absolute Gasteiger partial charge is 0.497 e. The molecule has 12 heteroatoms. The van der Waals surface area contributed by atoms with E-state index in [2.05, 4.69) is 4.99 Å². The lowest BCUT2D eigenvalue weighted by Crippen LogP contribution is -2.39. The highest BCUT2D eigenvalue weighted by Crippen LogP contribution is 2.32. The van der Waals surface area contributed by atoms with Crippen molar-refractivity contribution < 1.29 is 28.7 Å². The van der Waals surface area contributed by atoms with E-state index in [1.807, 2.05) is 25.1 Å². The van der Waals surface area contributed by atoms with Crippen molar-refractivity contribution in [2.75, 3.05) is 20.3 Å². The predicted octanol–water partition coefficient (Wildman–Crippen LogP) is 4.69. The zero-order valence-electron chi connectivity index (χ0n) is 25.1. The second-order valence-corrected chi connectivity index (χ2v) is 10.9. The zero-order valence-corrected chi connectivity index (χ0v) is 26.0. The number of hydrogen-bond donors (Lipinski definition) is 0. The first-order valence-corrected chi connectivity index (χ1v) is 15.0. The van der Waals surface area contributed by atoms with Crippen molar-refractivity contribution in [2.45, 2.75) is 33.4 Å². The number of aromatic nitrogens is 1. The molecule has 0 radical (unpaired) electrons. The van der Waals surface area contributed by atoms with Crippen molar-refractivity contribution in [2.24, 2.45) is 4.99 Å². The monoisotopic (exact) mass is 629 g/mol. The topological polar surface area (TPSA) is 131 Å². The Bertz CT molecular complexity index is 1940. The Morgan fingerprint density at radius 2 is 1.76 bits per heavy atom. The number of thiazole rings is 1. The standard InChI is InChI=1S/C33H31N3O8S/c1-5-42-27-17-22(9-16-26(27)44-19-21-7-12-24(13-8-21)36(39)40)18-28-31(37)35-30(23-10-14-25(41-4)15-11-23)29(32(38)43-6-2)20(3)34-33(35)45-28/h7-18,30H,5-6,19H2,1-4H3. The molecule has 1 aliphatic rings. The van der Waals surface area contributed by atoms with Gasteiger partial charge in [0.25, 0.3) is 11.2 Å². The van der Waals surface area contributed by atoms with Crippen molar-refractivity contribution in [3.63, 3.8) is 0 Å². The number of nitrogens with zero attached hydrogens (tertiary/aromatic N) is 3. The summed E-state index contributed by atoms with van der Waals surface area (Å²) in [6.45, 7) is 6.08. The number of non-ortho nitro benzene ring substituents is 1. The minimum absolute atomic E-state index is 0.00554. The maximum absolute atomic E-state index is 13.9. The van der Waals surface area contributed by atoms with E-state index in [9.17, 15) is 19.7 Å². The molecule has 0 saturated carbocycles. The molecule has 4 aromatic rings. The Kier molecular flexibility index (Phi) is 9.43. The molecule has 45 heavy (non-hydrogen) atoms. The normalized spacial score (nSPS) is 14.4. The molecule has 1 unspecified atom stereocenters. The number of fused-ring (bicyclic) bond motifs is 1. The highest BCUT2D eigenvalue weighted by atomic mass is 32.1. The summed E-state index contributed by atoms with van der Waals surface area (Å²) < 4.78 is 24.4. The van der Waals surface area contributed by atoms with Gasteiger partial charge in [0.1, 0.15) is 12.4 Å². The van der Waals surface area contributed by atoms with Gasteiger partial charge in [0.2, 0.25) is 0 Å². The van der Waals surface area contributed by atoms with Crippen LogP contribution in [0.3, 0.4) is 0 Å². The van der Waals surface area contributed by atoms with Crippen LogP contribution >= 0.6 is 11.3 Å². The van der Waals surface area contributed by atoms with Gasteiger partial charge in [-0.3, -0.25) is 19.5 Å². The Morgan fingerprint density at radius 3 is 2.40 bits per heavy atom. The van der Waals surface area contributed by atoms with E-state index in [0.717, 1.165) is 5.56 Å². The van der Waals surface area contributed by atoms with E-state index in [1.165, 1.54) is 28.0 Å². The SMILES string of the molecule is CCOC(=O)C1=C(C)N=c2sc(=Cc3ccc(OCc4ccc([N+](=O)[O-])cc4)c(OCC)c3)c(=O)n2C1c1ccc(OC)cc1. The third kappa shape index (κ3) is 6.65. The van der Waals surface area contributed by atoms with Gasteiger partial charge in [0.05, 0.1) is 47.1 Å². The van der Waals surface area contributed by atoms with Gasteiger partial charge in [-0.1, -0.05) is 29.5 Å². The number of ether oxygens (including phenoxy) is 4. The highest BCUT2D eigenvalue weighted by Gasteiger charge is 2.33. The van der Waals surface area contributed by atoms with Crippen molar-refractivity contribution in [3.05, 3.63) is 124 Å². The first-order chi connectivity index (χ1) is 21.7. The third-order valence-corrected chi connectivity index (χ3v) is 8.04. The van der Waals surface area contributed by atoms with Gasteiger partial charge in [-0.25, -0.2) is 9.79 Å². The number of rotatable bonds is 11. The molecule has 232 valence electrons. The van der Waals surface area contributed by atoms with Crippen molar-refractivity contribution in [3.8, 4) is 17.2 Å². The Labute approximate surface area is 262 Å². The van der Waals surface area contributed by atoms with Crippen molar-refractivity contribution in [1.82, 2.24) is 4.57 Å². The van der Waals surface area contributed by atoms with Gasteiger partial charge in [0.15, 0.2) is 16.3 Å². The summed E-state index contributed by atoms with van der Waals surface area (Å²) in [5, 5.41) is 10.9. The summed E-state index contributed by atoms with van der Waals surface area (Å²) in [6, 6.07) is 17.9. The second kappa shape index (κ2) is 13.6. The molecule has 1 aromatic heterocycles. The van der Waals surface area contributed by atoms with Crippen LogP contribution in [-0.2, 0) is 16.1 Å². The van der Waals surface area contributed by atoms with Crippen LogP contribution in [-0.4, -0.2) is 35.8 Å². The van der Waals surface area contributed by atoms with Gasteiger partial charge in [-0.2, -0.15) is 0 Å². The van der Waals surface area contributed by atoms with E-state index < -0.39 is 16.9 Å². The first kappa shape index (κ1) is 31.2. The number of nitro groups is 1. The molecule has 2 heterocycles. The summed E-state index contributed by atoms with van der Waals surface area (Å²) >= 11 is 1.23. The quantitative estimate of drug-likeness (QED) is 0.133. The molecule has 0 saturated heterocycles. The molecule has 11 nitrogen and oxygen atoms in total. The molecule has 5 rings (SSSR count). The Hall–Kier alpha value is -5.23. The van der Waals surface area contributed by atoms with Crippen LogP contribution in [0.2, 0.25) is 0 Å². The van der Waals surface area contributed by atoms with Crippen LogP contribution in [0, 0.1) is 10.1 Å². The minimum Gasteiger partial charge on any atom is -0.497 e. The molecule has 1 atom stereocenters.